The van der Waals surface area contributed by atoms with E-state index in [1.165, 1.54) is 12.4 Å². The van der Waals surface area contributed by atoms with Gasteiger partial charge in [0.2, 0.25) is 5.88 Å². The first-order valence-electron chi connectivity index (χ1n) is 5.73. The number of aryl methyl sites for hydroxylation is 1. The molecule has 2 heterocycles. The molecule has 0 fully saturated rings. The molecule has 0 aliphatic heterocycles. The normalized spacial score (nSPS) is 12.4. The maximum atomic E-state index is 12.3. The Labute approximate surface area is 118 Å². The van der Waals surface area contributed by atoms with Crippen molar-refractivity contribution in [2.24, 2.45) is 0 Å². The van der Waals surface area contributed by atoms with E-state index in [1.54, 1.807) is 19.1 Å². The summed E-state index contributed by atoms with van der Waals surface area (Å²) in [5.74, 6) is -0.506. The number of alkyl halides is 3. The lowest BCUT2D eigenvalue weighted by molar-refractivity contribution is -0.0502. The van der Waals surface area contributed by atoms with E-state index >= 15 is 0 Å². The van der Waals surface area contributed by atoms with Crippen LogP contribution in [0, 0.1) is 0 Å². The molecule has 0 spiro atoms. The molecule has 2 aromatic heterocycles. The Morgan fingerprint density at radius 2 is 2.10 bits per heavy atom. The smallest absolute Gasteiger partial charge is 0.355 e. The Morgan fingerprint density at radius 1 is 1.38 bits per heavy atom. The van der Waals surface area contributed by atoms with Crippen molar-refractivity contribution in [1.29, 1.82) is 0 Å². The van der Waals surface area contributed by atoms with Gasteiger partial charge >= 0.3 is 15.6 Å². The molecule has 0 N–H and O–H groups in total. The molecule has 0 unspecified atom stereocenters. The number of pyridine rings is 1. The third-order valence-corrected chi connectivity index (χ3v) is 3.44. The van der Waals surface area contributed by atoms with Gasteiger partial charge in [-0.15, -0.1) is 0 Å². The zero-order valence-corrected chi connectivity index (χ0v) is 11.5. The number of aromatic nitrogens is 3. The van der Waals surface area contributed by atoms with Gasteiger partial charge in [-0.25, -0.2) is 4.68 Å². The highest BCUT2D eigenvalue weighted by Crippen LogP contribution is 2.29. The van der Waals surface area contributed by atoms with Gasteiger partial charge in [-0.1, -0.05) is 0 Å². The van der Waals surface area contributed by atoms with Gasteiger partial charge in [0.05, 0.1) is 5.69 Å². The molecule has 114 valence electrons. The van der Waals surface area contributed by atoms with Crippen LogP contribution in [0.4, 0.5) is 13.2 Å². The second-order valence-corrected chi connectivity index (χ2v) is 5.45. The van der Waals surface area contributed by atoms with E-state index in [-0.39, 0.29) is 12.2 Å². The summed E-state index contributed by atoms with van der Waals surface area (Å²) >= 11 is 0. The zero-order valence-electron chi connectivity index (χ0n) is 10.7. The van der Waals surface area contributed by atoms with E-state index in [2.05, 4.69) is 14.3 Å². The molecule has 2 aromatic rings. The van der Waals surface area contributed by atoms with Gasteiger partial charge in [0.1, 0.15) is 0 Å². The van der Waals surface area contributed by atoms with Crippen LogP contribution in [0.25, 0.3) is 11.3 Å². The summed E-state index contributed by atoms with van der Waals surface area (Å²) in [7, 11) is -5.73. The van der Waals surface area contributed by atoms with E-state index in [0.717, 1.165) is 10.7 Å². The third-order valence-electron chi connectivity index (χ3n) is 2.48. The zero-order chi connectivity index (χ0) is 15.7. The standard InChI is InChI=1S/C11H10F3N3O3S/c1-2-17-10(20-21(18,19)11(12,13)14)6-9(16-17)8-4-3-5-15-7-8/h3-7H,2H2,1H3. The van der Waals surface area contributed by atoms with E-state index in [4.69, 9.17) is 0 Å². The van der Waals surface area contributed by atoms with Gasteiger partial charge in [-0.3, -0.25) is 4.98 Å². The van der Waals surface area contributed by atoms with Gasteiger partial charge in [0, 0.05) is 30.6 Å². The molecule has 0 saturated heterocycles. The lowest BCUT2D eigenvalue weighted by Gasteiger charge is -2.09. The fourth-order valence-corrected chi connectivity index (χ4v) is 1.96. The summed E-state index contributed by atoms with van der Waals surface area (Å²) < 4.78 is 64.2. The van der Waals surface area contributed by atoms with Gasteiger partial charge in [0.15, 0.2) is 0 Å². The lowest BCUT2D eigenvalue weighted by Crippen LogP contribution is -2.28. The Hall–Kier alpha value is -2.10. The monoisotopic (exact) mass is 321 g/mol. The van der Waals surface area contributed by atoms with Gasteiger partial charge in [0.25, 0.3) is 0 Å². The molecular formula is C11H10F3N3O3S. The molecule has 2 rings (SSSR count). The third kappa shape index (κ3) is 3.15. The lowest BCUT2D eigenvalue weighted by atomic mass is 10.2. The first-order valence-corrected chi connectivity index (χ1v) is 7.14. The average molecular weight is 321 g/mol. The van der Waals surface area contributed by atoms with Crippen molar-refractivity contribution in [2.75, 3.05) is 0 Å². The summed E-state index contributed by atoms with van der Waals surface area (Å²) in [4.78, 5) is 3.85. The van der Waals surface area contributed by atoms with Crippen molar-refractivity contribution in [3.63, 3.8) is 0 Å². The number of rotatable bonds is 4. The summed E-state index contributed by atoms with van der Waals surface area (Å²) in [6.07, 6.45) is 2.97. The number of halogens is 3. The molecule has 21 heavy (non-hydrogen) atoms. The molecule has 0 atom stereocenters. The van der Waals surface area contributed by atoms with Gasteiger partial charge in [-0.2, -0.15) is 26.7 Å². The Morgan fingerprint density at radius 3 is 2.62 bits per heavy atom. The van der Waals surface area contributed by atoms with Crippen molar-refractivity contribution in [3.8, 4) is 17.1 Å². The molecular weight excluding hydrogens is 311 g/mol. The van der Waals surface area contributed by atoms with Crippen LogP contribution >= 0.6 is 0 Å². The molecule has 10 heteroatoms. The molecule has 0 radical (unpaired) electrons. The van der Waals surface area contributed by atoms with Gasteiger partial charge in [-0.05, 0) is 19.1 Å². The van der Waals surface area contributed by atoms with Crippen molar-refractivity contribution < 1.29 is 25.8 Å². The number of nitrogens with zero attached hydrogens (tertiary/aromatic N) is 3. The van der Waals surface area contributed by atoms with Crippen LogP contribution in [0.5, 0.6) is 5.88 Å². The van der Waals surface area contributed by atoms with Crippen molar-refractivity contribution in [2.45, 2.75) is 19.0 Å². The highest BCUT2D eigenvalue weighted by Gasteiger charge is 2.49. The SMILES string of the molecule is CCn1nc(-c2cccnc2)cc1OS(=O)(=O)C(F)(F)F. The predicted octanol–water partition coefficient (Wildman–Crippen LogP) is 2.19. The van der Waals surface area contributed by atoms with Gasteiger partial charge < -0.3 is 4.18 Å². The van der Waals surface area contributed by atoms with E-state index in [1.807, 2.05) is 0 Å². The first kappa shape index (κ1) is 15.3. The van der Waals surface area contributed by atoms with Crippen LogP contribution in [0.2, 0.25) is 0 Å². The predicted molar refractivity (Wildman–Crippen MR) is 66.7 cm³/mol. The van der Waals surface area contributed by atoms with Crippen LogP contribution in [-0.2, 0) is 16.7 Å². The van der Waals surface area contributed by atoms with Crippen molar-refractivity contribution in [1.82, 2.24) is 14.8 Å². The van der Waals surface area contributed by atoms with Crippen LogP contribution < -0.4 is 4.18 Å². The van der Waals surface area contributed by atoms with Crippen LogP contribution in [0.1, 0.15) is 6.92 Å². The summed E-state index contributed by atoms with van der Waals surface area (Å²) in [5.41, 5.74) is -4.71. The maximum Gasteiger partial charge on any atom is 0.534 e. The largest absolute Gasteiger partial charge is 0.534 e. The average Bonchev–Trinajstić information content (AvgIpc) is 2.81. The summed E-state index contributed by atoms with van der Waals surface area (Å²) in [6, 6.07) is 4.37. The minimum Gasteiger partial charge on any atom is -0.355 e. The van der Waals surface area contributed by atoms with Crippen LogP contribution in [0.15, 0.2) is 30.6 Å². The molecule has 0 aliphatic carbocycles. The minimum atomic E-state index is -5.73. The summed E-state index contributed by atoms with van der Waals surface area (Å²) in [5, 5.41) is 3.99. The molecule has 0 amide bonds. The fourth-order valence-electron chi connectivity index (χ4n) is 1.51. The highest BCUT2D eigenvalue weighted by molar-refractivity contribution is 7.87. The first-order chi connectivity index (χ1) is 9.74. The molecule has 0 aliphatic rings. The molecule has 6 nitrogen and oxygen atoms in total. The second kappa shape index (κ2) is 5.35. The molecule has 0 bridgehead atoms. The minimum absolute atomic E-state index is 0.142. The van der Waals surface area contributed by atoms with Crippen molar-refractivity contribution >= 4 is 10.1 Å². The van der Waals surface area contributed by atoms with Crippen LogP contribution in [-0.4, -0.2) is 28.7 Å². The summed E-state index contributed by atoms with van der Waals surface area (Å²) in [6.45, 7) is 1.73. The maximum absolute atomic E-state index is 12.3. The molecule has 0 saturated carbocycles. The Balaban J connectivity index is 2.40. The van der Waals surface area contributed by atoms with E-state index in [9.17, 15) is 21.6 Å². The topological polar surface area (TPSA) is 74.1 Å². The quantitative estimate of drug-likeness (QED) is 0.637. The second-order valence-electron chi connectivity index (χ2n) is 3.91. The fraction of sp³-hybridized carbons (Fsp3) is 0.273. The number of hydrogen-bond donors (Lipinski definition) is 0. The van der Waals surface area contributed by atoms with E-state index in [0.29, 0.717) is 5.56 Å². The highest BCUT2D eigenvalue weighted by atomic mass is 32.2. The number of hydrogen-bond acceptors (Lipinski definition) is 5. The van der Waals surface area contributed by atoms with E-state index < -0.39 is 21.5 Å². The Kier molecular flexibility index (Phi) is 3.90. The van der Waals surface area contributed by atoms with Crippen LogP contribution in [0.3, 0.4) is 0 Å². The van der Waals surface area contributed by atoms with Crippen molar-refractivity contribution in [3.05, 3.63) is 30.6 Å². The molecule has 0 aromatic carbocycles. The Bertz CT molecular complexity index is 726.